The van der Waals surface area contributed by atoms with E-state index >= 15 is 0 Å². The minimum Gasteiger partial charge on any atom is -0.0871 e. The van der Waals surface area contributed by atoms with Gasteiger partial charge in [0.05, 0.1) is 0 Å². The first-order valence-corrected chi connectivity index (χ1v) is 6.27. The van der Waals surface area contributed by atoms with Gasteiger partial charge >= 0.3 is 0 Å². The van der Waals surface area contributed by atoms with Crippen LogP contribution in [0.2, 0.25) is 0 Å². The summed E-state index contributed by atoms with van der Waals surface area (Å²) in [5.41, 5.74) is 0. The van der Waals surface area contributed by atoms with Crippen LogP contribution >= 0.6 is 77.0 Å². The van der Waals surface area contributed by atoms with Crippen molar-refractivity contribution in [3.8, 4) is 0 Å². The van der Waals surface area contributed by atoms with E-state index in [1.54, 1.807) is 0 Å². The third-order valence-electron chi connectivity index (χ3n) is 0.529. The van der Waals surface area contributed by atoms with Crippen LogP contribution in [0, 0.1) is 0 Å². The van der Waals surface area contributed by atoms with Crippen molar-refractivity contribution in [2.24, 2.45) is 0 Å². The van der Waals surface area contributed by atoms with E-state index in [4.69, 9.17) is 0 Å². The number of rotatable bonds is 2. The molecule has 4 heteroatoms. The topological polar surface area (TPSA) is 0 Å². The molecule has 0 aliphatic heterocycles. The van der Waals surface area contributed by atoms with Gasteiger partial charge in [0.1, 0.15) is 0 Å². The van der Waals surface area contributed by atoms with Gasteiger partial charge in [-0.25, -0.2) is 0 Å². The molecule has 0 aromatic carbocycles. The summed E-state index contributed by atoms with van der Waals surface area (Å²) in [6.07, 6.45) is 0. The number of hydrogen-bond acceptors (Lipinski definition) is 0. The second kappa shape index (κ2) is 5.91. The summed E-state index contributed by atoms with van der Waals surface area (Å²) in [5, 5.41) is 1.94. The second-order valence-corrected chi connectivity index (χ2v) is 4.80. The standard InChI is InChI=1S/C4H4Br2I2/c5-1-3(7)4(8)2-6/h1-2H2/b4-3+. The molecule has 0 spiro atoms. The minimum atomic E-state index is 0.970. The lowest BCUT2D eigenvalue weighted by atomic mass is 10.6. The summed E-state index contributed by atoms with van der Waals surface area (Å²) >= 11 is 11.4. The molecule has 0 bridgehead atoms. The molecule has 0 aliphatic rings. The maximum absolute atomic E-state index is 3.37. The van der Waals surface area contributed by atoms with Crippen molar-refractivity contribution >= 4 is 77.0 Å². The van der Waals surface area contributed by atoms with Crippen molar-refractivity contribution in [2.45, 2.75) is 0 Å². The predicted octanol–water partition coefficient (Wildman–Crippen LogP) is 3.86. The molecule has 0 amide bonds. The Labute approximate surface area is 93.4 Å². The fraction of sp³-hybridized carbons (Fsp3) is 0.500. The quantitative estimate of drug-likeness (QED) is 0.429. The highest BCUT2D eigenvalue weighted by Crippen LogP contribution is 2.22. The maximum atomic E-state index is 3.37. The monoisotopic (exact) mass is 464 g/mol. The average molecular weight is 466 g/mol. The van der Waals surface area contributed by atoms with Crippen molar-refractivity contribution in [1.29, 1.82) is 0 Å². The minimum absolute atomic E-state index is 0.970. The van der Waals surface area contributed by atoms with Crippen LogP contribution in [-0.4, -0.2) is 10.7 Å². The molecule has 0 N–H and O–H groups in total. The normalized spacial score (nSPS) is 13.5. The second-order valence-electron chi connectivity index (χ2n) is 1.08. The Morgan fingerprint density at radius 1 is 1.00 bits per heavy atom. The van der Waals surface area contributed by atoms with Crippen LogP contribution < -0.4 is 0 Å². The summed E-state index contributed by atoms with van der Waals surface area (Å²) in [4.78, 5) is 0. The molecular formula is C4H4Br2I2. The van der Waals surface area contributed by atoms with Crippen molar-refractivity contribution in [3.63, 3.8) is 0 Å². The van der Waals surface area contributed by atoms with Gasteiger partial charge in [0.2, 0.25) is 0 Å². The third kappa shape index (κ3) is 4.05. The number of hydrogen-bond donors (Lipinski definition) is 0. The van der Waals surface area contributed by atoms with Gasteiger partial charge in [-0.05, 0) is 45.2 Å². The molecule has 0 saturated carbocycles. The molecular weight excluding hydrogens is 462 g/mol. The third-order valence-corrected chi connectivity index (χ3v) is 6.84. The molecule has 48 valence electrons. The Balaban J connectivity index is 3.83. The van der Waals surface area contributed by atoms with E-state index in [0.29, 0.717) is 0 Å². The van der Waals surface area contributed by atoms with Gasteiger partial charge in [0, 0.05) is 17.8 Å². The number of halogens is 4. The Kier molecular flexibility index (Phi) is 7.50. The zero-order chi connectivity index (χ0) is 6.57. The van der Waals surface area contributed by atoms with E-state index in [9.17, 15) is 0 Å². The first-order valence-electron chi connectivity index (χ1n) is 1.87. The van der Waals surface area contributed by atoms with Crippen LogP contribution in [0.15, 0.2) is 7.16 Å². The molecule has 0 aliphatic carbocycles. The average Bonchev–Trinajstić information content (AvgIpc) is 1.84. The fourth-order valence-electron chi connectivity index (χ4n) is 0.145. The highest BCUT2D eigenvalue weighted by atomic mass is 127. The summed E-state index contributed by atoms with van der Waals surface area (Å²) < 4.78 is 2.75. The molecule has 8 heavy (non-hydrogen) atoms. The van der Waals surface area contributed by atoms with E-state index in [1.165, 1.54) is 7.16 Å². The Morgan fingerprint density at radius 3 is 1.38 bits per heavy atom. The van der Waals surface area contributed by atoms with E-state index in [2.05, 4.69) is 77.0 Å². The predicted molar refractivity (Wildman–Crippen MR) is 62.7 cm³/mol. The Hall–Kier alpha value is 2.16. The zero-order valence-corrected chi connectivity index (χ0v) is 11.4. The van der Waals surface area contributed by atoms with Gasteiger partial charge in [0.15, 0.2) is 0 Å². The van der Waals surface area contributed by atoms with Gasteiger partial charge < -0.3 is 0 Å². The SMILES string of the molecule is BrC/C(I)=C(\I)CBr. The van der Waals surface area contributed by atoms with Crippen LogP contribution in [0.1, 0.15) is 0 Å². The zero-order valence-electron chi connectivity index (χ0n) is 3.93. The van der Waals surface area contributed by atoms with Crippen molar-refractivity contribution in [1.82, 2.24) is 0 Å². The highest BCUT2D eigenvalue weighted by molar-refractivity contribution is 14.1. The molecule has 0 unspecified atom stereocenters. The lowest BCUT2D eigenvalue weighted by molar-refractivity contribution is 1.67. The van der Waals surface area contributed by atoms with Gasteiger partial charge in [-0.3, -0.25) is 0 Å². The van der Waals surface area contributed by atoms with Crippen LogP contribution in [0.3, 0.4) is 0 Å². The van der Waals surface area contributed by atoms with E-state index < -0.39 is 0 Å². The lowest BCUT2D eigenvalue weighted by Crippen LogP contribution is -1.77. The number of allylic oxidation sites excluding steroid dienone is 2. The van der Waals surface area contributed by atoms with Gasteiger partial charge in [-0.2, -0.15) is 0 Å². The van der Waals surface area contributed by atoms with Crippen LogP contribution in [0.25, 0.3) is 0 Å². The van der Waals surface area contributed by atoms with Gasteiger partial charge in [-0.1, -0.05) is 31.9 Å². The van der Waals surface area contributed by atoms with Crippen LogP contribution in [0.4, 0.5) is 0 Å². The van der Waals surface area contributed by atoms with Crippen molar-refractivity contribution in [3.05, 3.63) is 7.16 Å². The van der Waals surface area contributed by atoms with Gasteiger partial charge in [-0.15, -0.1) is 0 Å². The Morgan fingerprint density at radius 2 is 1.25 bits per heavy atom. The number of alkyl halides is 2. The van der Waals surface area contributed by atoms with E-state index in [0.717, 1.165) is 10.7 Å². The molecule has 0 heterocycles. The highest BCUT2D eigenvalue weighted by Gasteiger charge is 1.94. The smallest absolute Gasteiger partial charge is 0.0348 e. The summed E-state index contributed by atoms with van der Waals surface area (Å²) in [6, 6.07) is 0. The molecule has 0 aromatic rings. The van der Waals surface area contributed by atoms with Crippen LogP contribution in [0.5, 0.6) is 0 Å². The molecule has 0 rings (SSSR count). The summed E-state index contributed by atoms with van der Waals surface area (Å²) in [6.45, 7) is 0. The van der Waals surface area contributed by atoms with E-state index in [1.807, 2.05) is 0 Å². The summed E-state index contributed by atoms with van der Waals surface area (Å²) in [7, 11) is 0. The lowest BCUT2D eigenvalue weighted by Gasteiger charge is -1.93. The van der Waals surface area contributed by atoms with Crippen molar-refractivity contribution in [2.75, 3.05) is 10.7 Å². The van der Waals surface area contributed by atoms with Crippen LogP contribution in [-0.2, 0) is 0 Å². The fourth-order valence-corrected chi connectivity index (χ4v) is 2.25. The molecule has 0 nitrogen and oxygen atoms in total. The maximum Gasteiger partial charge on any atom is 0.0348 e. The molecule has 0 saturated heterocycles. The van der Waals surface area contributed by atoms with Gasteiger partial charge in [0.25, 0.3) is 0 Å². The molecule has 0 radical (unpaired) electrons. The van der Waals surface area contributed by atoms with Crippen molar-refractivity contribution < 1.29 is 0 Å². The molecule has 0 atom stereocenters. The first kappa shape index (κ1) is 10.2. The summed E-state index contributed by atoms with van der Waals surface area (Å²) in [5.74, 6) is 0. The Bertz CT molecular complexity index is 88.2. The largest absolute Gasteiger partial charge is 0.0871 e. The first-order chi connectivity index (χ1) is 3.72. The molecule has 0 aromatic heterocycles. The van der Waals surface area contributed by atoms with E-state index in [-0.39, 0.29) is 0 Å². The molecule has 0 fully saturated rings.